The van der Waals surface area contributed by atoms with Crippen molar-refractivity contribution in [3.05, 3.63) is 24.2 Å². The number of nitrogen functional groups attached to an aromatic ring is 1. The highest BCUT2D eigenvalue weighted by atomic mass is 16.6. The zero-order valence-electron chi connectivity index (χ0n) is 16.9. The van der Waals surface area contributed by atoms with Gasteiger partial charge in [0, 0.05) is 12.1 Å². The lowest BCUT2D eigenvalue weighted by molar-refractivity contribution is 0.0492. The minimum Gasteiger partial charge on any atom is -0.444 e. The fraction of sp³-hybridized carbons (Fsp3) is 0.550. The zero-order chi connectivity index (χ0) is 20.3. The number of rotatable bonds is 4. The molecule has 0 radical (unpaired) electrons. The number of carbonyl (C=O) groups excluding carboxylic acids is 1. The van der Waals surface area contributed by atoms with Gasteiger partial charge in [0.2, 0.25) is 5.89 Å². The van der Waals surface area contributed by atoms with Crippen LogP contribution in [0.4, 0.5) is 16.2 Å². The van der Waals surface area contributed by atoms with Gasteiger partial charge in [-0.05, 0) is 59.4 Å². The molecule has 2 aromatic rings. The maximum atomic E-state index is 12.1. The summed E-state index contributed by atoms with van der Waals surface area (Å²) in [6, 6.07) is 2.11. The van der Waals surface area contributed by atoms with Crippen LogP contribution in [0.3, 0.4) is 0 Å². The highest BCUT2D eigenvalue weighted by Crippen LogP contribution is 2.28. The number of pyridine rings is 1. The Balaban J connectivity index is 1.64. The smallest absolute Gasteiger partial charge is 0.407 e. The highest BCUT2D eigenvalue weighted by Gasteiger charge is 2.26. The number of hydrogen-bond donors (Lipinski definition) is 3. The molecule has 4 N–H and O–H groups in total. The van der Waals surface area contributed by atoms with E-state index in [0.717, 1.165) is 37.1 Å². The number of nitrogens with two attached hydrogens (primary N) is 1. The van der Waals surface area contributed by atoms with Crippen molar-refractivity contribution in [3.8, 4) is 11.6 Å². The van der Waals surface area contributed by atoms with Gasteiger partial charge in [-0.3, -0.25) is 0 Å². The van der Waals surface area contributed by atoms with E-state index in [2.05, 4.69) is 20.6 Å². The van der Waals surface area contributed by atoms with E-state index in [-0.39, 0.29) is 18.2 Å². The van der Waals surface area contributed by atoms with E-state index in [4.69, 9.17) is 14.9 Å². The summed E-state index contributed by atoms with van der Waals surface area (Å²) in [5, 5.41) is 6.47. The van der Waals surface area contributed by atoms with Crippen molar-refractivity contribution < 1.29 is 13.9 Å². The highest BCUT2D eigenvalue weighted by molar-refractivity contribution is 5.70. The molecule has 8 heteroatoms. The summed E-state index contributed by atoms with van der Waals surface area (Å²) < 4.78 is 10.8. The number of oxazole rings is 1. The molecule has 2 unspecified atom stereocenters. The number of alkyl carbamates (subject to hydrolysis) is 1. The molecule has 0 saturated heterocycles. The summed E-state index contributed by atoms with van der Waals surface area (Å²) in [6.45, 7) is 7.44. The Morgan fingerprint density at radius 1 is 1.32 bits per heavy atom. The molecular weight excluding hydrogens is 358 g/mol. The number of hydrogen-bond acceptors (Lipinski definition) is 7. The van der Waals surface area contributed by atoms with E-state index >= 15 is 0 Å². The summed E-state index contributed by atoms with van der Waals surface area (Å²) in [6.07, 6.45) is 6.57. The van der Waals surface area contributed by atoms with E-state index in [1.165, 1.54) is 0 Å². The minimum absolute atomic E-state index is 0.0676. The normalized spacial score (nSPS) is 19.9. The first-order chi connectivity index (χ1) is 13.2. The molecule has 0 bridgehead atoms. The van der Waals surface area contributed by atoms with Gasteiger partial charge < -0.3 is 25.5 Å². The molecule has 2 aromatic heterocycles. The van der Waals surface area contributed by atoms with Gasteiger partial charge in [0.1, 0.15) is 17.6 Å². The van der Waals surface area contributed by atoms with Gasteiger partial charge in [-0.2, -0.15) is 0 Å². The van der Waals surface area contributed by atoms with Crippen molar-refractivity contribution in [2.45, 2.75) is 71.1 Å². The largest absolute Gasteiger partial charge is 0.444 e. The van der Waals surface area contributed by atoms with E-state index in [1.54, 1.807) is 12.5 Å². The lowest BCUT2D eigenvalue weighted by Gasteiger charge is -2.32. The molecule has 1 aliphatic carbocycles. The van der Waals surface area contributed by atoms with Crippen molar-refractivity contribution in [2.24, 2.45) is 0 Å². The van der Waals surface area contributed by atoms with Gasteiger partial charge in [-0.25, -0.2) is 14.8 Å². The minimum atomic E-state index is -0.503. The Morgan fingerprint density at radius 3 is 2.75 bits per heavy atom. The van der Waals surface area contributed by atoms with Crippen LogP contribution in [0.1, 0.15) is 52.1 Å². The fourth-order valence-corrected chi connectivity index (χ4v) is 3.33. The van der Waals surface area contributed by atoms with Crippen molar-refractivity contribution in [3.63, 3.8) is 0 Å². The fourth-order valence-electron chi connectivity index (χ4n) is 3.33. The Bertz CT molecular complexity index is 827. The first kappa shape index (κ1) is 20.0. The molecule has 1 aliphatic rings. The third-order valence-corrected chi connectivity index (χ3v) is 4.53. The van der Waals surface area contributed by atoms with Gasteiger partial charge in [-0.15, -0.1) is 0 Å². The van der Waals surface area contributed by atoms with E-state index in [9.17, 15) is 4.79 Å². The average molecular weight is 387 g/mol. The third-order valence-electron chi connectivity index (χ3n) is 4.53. The van der Waals surface area contributed by atoms with Crippen molar-refractivity contribution in [1.29, 1.82) is 0 Å². The second kappa shape index (κ2) is 8.08. The van der Waals surface area contributed by atoms with Crippen molar-refractivity contribution in [1.82, 2.24) is 15.3 Å². The molecule has 2 atom stereocenters. The van der Waals surface area contributed by atoms with Gasteiger partial charge in [0.25, 0.3) is 0 Å². The maximum absolute atomic E-state index is 12.1. The van der Waals surface area contributed by atoms with Crippen LogP contribution >= 0.6 is 0 Å². The summed E-state index contributed by atoms with van der Waals surface area (Å²) in [4.78, 5) is 20.7. The molecule has 1 fully saturated rings. The van der Waals surface area contributed by atoms with E-state index < -0.39 is 5.60 Å². The number of anilines is 2. The Hall–Kier alpha value is -2.77. The standard InChI is InChI=1S/C20H29N5O3/c1-12-11-27-18(23-12)17-9-16(15(21)10-22-17)24-13-6-5-7-14(8-13)25-19(26)28-20(2,3)4/h9-11,13-14H,5-8,21H2,1-4H3,(H,22,24)(H,25,26). The number of nitrogens with zero attached hydrogens (tertiary/aromatic N) is 2. The summed E-state index contributed by atoms with van der Waals surface area (Å²) in [5.41, 5.74) is 8.39. The molecule has 2 heterocycles. The number of aromatic nitrogens is 2. The maximum Gasteiger partial charge on any atom is 0.407 e. The Kier molecular flexibility index (Phi) is 5.76. The molecule has 3 rings (SSSR count). The third kappa shape index (κ3) is 5.37. The van der Waals surface area contributed by atoms with Crippen LogP contribution < -0.4 is 16.4 Å². The van der Waals surface area contributed by atoms with Gasteiger partial charge in [-0.1, -0.05) is 0 Å². The molecule has 0 spiro atoms. The first-order valence-electron chi connectivity index (χ1n) is 9.63. The monoisotopic (exact) mass is 387 g/mol. The van der Waals surface area contributed by atoms with Crippen LogP contribution in [0, 0.1) is 6.92 Å². The van der Waals surface area contributed by atoms with Gasteiger partial charge >= 0.3 is 6.09 Å². The second-order valence-electron chi connectivity index (χ2n) is 8.30. The molecule has 152 valence electrons. The lowest BCUT2D eigenvalue weighted by Crippen LogP contribution is -2.43. The molecule has 28 heavy (non-hydrogen) atoms. The second-order valence-corrected chi connectivity index (χ2v) is 8.30. The van der Waals surface area contributed by atoms with E-state index in [1.807, 2.05) is 33.8 Å². The van der Waals surface area contributed by atoms with Gasteiger partial charge in [0.15, 0.2) is 0 Å². The molecular formula is C20H29N5O3. The predicted octanol–water partition coefficient (Wildman–Crippen LogP) is 3.88. The average Bonchev–Trinajstić information content (AvgIpc) is 3.02. The topological polar surface area (TPSA) is 115 Å². The number of amides is 1. The molecule has 1 amide bonds. The summed E-state index contributed by atoms with van der Waals surface area (Å²) in [7, 11) is 0. The Labute approximate surface area is 165 Å². The van der Waals surface area contributed by atoms with Crippen LogP contribution in [-0.4, -0.2) is 33.7 Å². The van der Waals surface area contributed by atoms with Crippen LogP contribution in [-0.2, 0) is 4.74 Å². The first-order valence-corrected chi connectivity index (χ1v) is 9.63. The van der Waals surface area contributed by atoms with E-state index in [0.29, 0.717) is 17.3 Å². The number of carbonyl (C=O) groups is 1. The molecule has 0 aliphatic heterocycles. The quantitative estimate of drug-likeness (QED) is 0.729. The molecule has 0 aromatic carbocycles. The number of ether oxygens (including phenoxy) is 1. The van der Waals surface area contributed by atoms with Crippen molar-refractivity contribution in [2.75, 3.05) is 11.1 Å². The lowest BCUT2D eigenvalue weighted by atomic mass is 9.91. The SMILES string of the molecule is Cc1coc(-c2cc(NC3CCCC(NC(=O)OC(C)(C)C)C3)c(N)cn2)n1. The summed E-state index contributed by atoms with van der Waals surface area (Å²) in [5.74, 6) is 0.466. The molecule has 8 nitrogen and oxygen atoms in total. The van der Waals surface area contributed by atoms with Crippen LogP contribution in [0.5, 0.6) is 0 Å². The summed E-state index contributed by atoms with van der Waals surface area (Å²) >= 11 is 0. The number of nitrogens with one attached hydrogen (secondary N) is 2. The molecule has 1 saturated carbocycles. The van der Waals surface area contributed by atoms with Crippen LogP contribution in [0.25, 0.3) is 11.6 Å². The van der Waals surface area contributed by atoms with Crippen LogP contribution in [0.2, 0.25) is 0 Å². The predicted molar refractivity (Wildman–Crippen MR) is 108 cm³/mol. The Morgan fingerprint density at radius 2 is 2.07 bits per heavy atom. The van der Waals surface area contributed by atoms with Crippen molar-refractivity contribution >= 4 is 17.5 Å². The number of aryl methyl sites for hydroxylation is 1. The zero-order valence-corrected chi connectivity index (χ0v) is 16.9. The van der Waals surface area contributed by atoms with Crippen LogP contribution in [0.15, 0.2) is 22.9 Å². The van der Waals surface area contributed by atoms with Gasteiger partial charge in [0.05, 0.1) is 23.3 Å².